The highest BCUT2D eigenvalue weighted by molar-refractivity contribution is 6.30. The van der Waals surface area contributed by atoms with Gasteiger partial charge >= 0.3 is 6.03 Å². The van der Waals surface area contributed by atoms with E-state index < -0.39 is 6.03 Å². The Balaban J connectivity index is 1.55. The van der Waals surface area contributed by atoms with Crippen molar-refractivity contribution in [1.82, 2.24) is 20.1 Å². The quantitative estimate of drug-likeness (QED) is 0.454. The van der Waals surface area contributed by atoms with E-state index in [9.17, 15) is 4.79 Å². The monoisotopic (exact) mass is 389 g/mol. The lowest BCUT2D eigenvalue weighted by molar-refractivity contribution is 0.0842. The number of hydrogen-bond acceptors (Lipinski definition) is 5. The van der Waals surface area contributed by atoms with E-state index in [2.05, 4.69) is 15.4 Å². The summed E-state index contributed by atoms with van der Waals surface area (Å²) in [5.74, 6) is 0.399. The molecule has 0 saturated heterocycles. The third kappa shape index (κ3) is 4.87. The zero-order chi connectivity index (χ0) is 19.2. The number of carbonyl (C=O) groups is 1. The van der Waals surface area contributed by atoms with Crippen LogP contribution in [0.3, 0.4) is 0 Å². The minimum Gasteiger partial charge on any atom is -0.474 e. The molecule has 1 unspecified atom stereocenters. The number of ether oxygens (including phenoxy) is 2. The topological polar surface area (TPSA) is 104 Å². The lowest BCUT2D eigenvalue weighted by Gasteiger charge is -2.18. The minimum atomic E-state index is -0.606. The summed E-state index contributed by atoms with van der Waals surface area (Å²) < 4.78 is 13.0. The highest BCUT2D eigenvalue weighted by Crippen LogP contribution is 2.25. The van der Waals surface area contributed by atoms with Gasteiger partial charge in [-0.2, -0.15) is 10.1 Å². The lowest BCUT2D eigenvalue weighted by atomic mass is 10.1. The number of nitrogens with two attached hydrogens (primary N) is 1. The molecule has 8 nitrogen and oxygen atoms in total. The Bertz CT molecular complexity index is 916. The molecule has 0 spiro atoms. The number of pyridine rings is 1. The molecule has 1 atom stereocenters. The summed E-state index contributed by atoms with van der Waals surface area (Å²) in [5, 5.41) is 8.04. The summed E-state index contributed by atoms with van der Waals surface area (Å²) in [5.41, 5.74) is 6.92. The number of carbonyl (C=O) groups excluding carboxylic acids is 1. The van der Waals surface area contributed by atoms with Crippen molar-refractivity contribution in [2.45, 2.75) is 6.04 Å². The normalized spacial score (nSPS) is 12.1. The molecule has 9 heteroatoms. The maximum atomic E-state index is 11.2. The van der Waals surface area contributed by atoms with Gasteiger partial charge in [0.25, 0.3) is 0 Å². The van der Waals surface area contributed by atoms with Crippen LogP contribution >= 0.6 is 11.6 Å². The van der Waals surface area contributed by atoms with Crippen molar-refractivity contribution in [3.8, 4) is 5.88 Å². The predicted octanol–water partition coefficient (Wildman–Crippen LogP) is 2.43. The van der Waals surface area contributed by atoms with Crippen molar-refractivity contribution < 1.29 is 14.3 Å². The molecule has 142 valence electrons. The first-order valence-corrected chi connectivity index (χ1v) is 8.72. The molecule has 2 heterocycles. The number of urea groups is 1. The summed E-state index contributed by atoms with van der Waals surface area (Å²) in [7, 11) is 1.81. The van der Waals surface area contributed by atoms with Crippen molar-refractivity contribution in [2.75, 3.05) is 19.8 Å². The fourth-order valence-corrected chi connectivity index (χ4v) is 2.90. The number of nitrogens with zero attached hydrogens (tertiary/aromatic N) is 3. The van der Waals surface area contributed by atoms with Crippen LogP contribution in [0.5, 0.6) is 5.88 Å². The predicted molar refractivity (Wildman–Crippen MR) is 102 cm³/mol. The van der Waals surface area contributed by atoms with Gasteiger partial charge in [-0.1, -0.05) is 41.9 Å². The van der Waals surface area contributed by atoms with Crippen molar-refractivity contribution >= 4 is 28.5 Å². The Morgan fingerprint density at radius 2 is 2.11 bits per heavy atom. The van der Waals surface area contributed by atoms with Crippen LogP contribution in [0.1, 0.15) is 11.6 Å². The summed E-state index contributed by atoms with van der Waals surface area (Å²) in [6.07, 6.45) is 1.70. The minimum absolute atomic E-state index is 0.264. The van der Waals surface area contributed by atoms with Crippen molar-refractivity contribution in [3.05, 3.63) is 53.3 Å². The van der Waals surface area contributed by atoms with E-state index in [1.165, 1.54) is 0 Å². The Morgan fingerprint density at radius 1 is 1.33 bits per heavy atom. The second kappa shape index (κ2) is 8.70. The molecule has 27 heavy (non-hydrogen) atoms. The third-order valence-electron chi connectivity index (χ3n) is 3.92. The number of amides is 2. The fraction of sp³-hybridized carbons (Fsp3) is 0.278. The summed E-state index contributed by atoms with van der Waals surface area (Å²) in [6, 6.07) is 10.3. The Morgan fingerprint density at radius 3 is 2.85 bits per heavy atom. The zero-order valence-corrected chi connectivity index (χ0v) is 15.5. The first-order chi connectivity index (χ1) is 13.0. The fourth-order valence-electron chi connectivity index (χ4n) is 2.71. The zero-order valence-electron chi connectivity index (χ0n) is 14.8. The van der Waals surface area contributed by atoms with Gasteiger partial charge in [0.2, 0.25) is 5.88 Å². The van der Waals surface area contributed by atoms with Crippen LogP contribution in [0.25, 0.3) is 10.9 Å². The summed E-state index contributed by atoms with van der Waals surface area (Å²) >= 11 is 6.02. The number of fused-ring (bicyclic) bond motifs is 1. The number of benzene rings is 1. The molecule has 0 aliphatic heterocycles. The van der Waals surface area contributed by atoms with Crippen LogP contribution in [-0.4, -0.2) is 40.6 Å². The van der Waals surface area contributed by atoms with Gasteiger partial charge in [-0.3, -0.25) is 4.68 Å². The summed E-state index contributed by atoms with van der Waals surface area (Å²) in [4.78, 5) is 15.4. The second-order valence-electron chi connectivity index (χ2n) is 5.85. The van der Waals surface area contributed by atoms with Crippen molar-refractivity contribution in [1.29, 1.82) is 0 Å². The van der Waals surface area contributed by atoms with E-state index in [1.54, 1.807) is 24.0 Å². The number of nitrogens with one attached hydrogen (secondary N) is 1. The van der Waals surface area contributed by atoms with Crippen molar-refractivity contribution in [2.24, 2.45) is 12.8 Å². The maximum absolute atomic E-state index is 11.2. The summed E-state index contributed by atoms with van der Waals surface area (Å²) in [6.45, 7) is 0.837. The molecule has 2 aromatic heterocycles. The highest BCUT2D eigenvalue weighted by atomic mass is 35.5. The molecule has 0 fully saturated rings. The van der Waals surface area contributed by atoms with Gasteiger partial charge in [0, 0.05) is 12.4 Å². The van der Waals surface area contributed by atoms with Gasteiger partial charge in [-0.25, -0.2) is 4.79 Å². The van der Waals surface area contributed by atoms with Crippen LogP contribution in [0.4, 0.5) is 4.79 Å². The number of hydrogen-bond donors (Lipinski definition) is 2. The molecule has 3 aromatic rings. The molecular weight excluding hydrogens is 370 g/mol. The van der Waals surface area contributed by atoms with Gasteiger partial charge in [0.15, 0.2) is 0 Å². The second-order valence-corrected chi connectivity index (χ2v) is 6.24. The van der Waals surface area contributed by atoms with Crippen LogP contribution in [0, 0.1) is 0 Å². The Labute approximate surface area is 161 Å². The lowest BCUT2D eigenvalue weighted by Crippen LogP contribution is -2.35. The van der Waals surface area contributed by atoms with Crippen LogP contribution in [0.15, 0.2) is 42.6 Å². The molecule has 0 saturated carbocycles. The molecule has 3 N–H and O–H groups in total. The van der Waals surface area contributed by atoms with E-state index >= 15 is 0 Å². The van der Waals surface area contributed by atoms with Crippen LogP contribution in [-0.2, 0) is 11.8 Å². The van der Waals surface area contributed by atoms with Gasteiger partial charge < -0.3 is 20.5 Å². The van der Waals surface area contributed by atoms with Gasteiger partial charge in [0.1, 0.15) is 17.3 Å². The maximum Gasteiger partial charge on any atom is 0.312 e. The molecule has 0 radical (unpaired) electrons. The van der Waals surface area contributed by atoms with Gasteiger partial charge in [-0.05, 0) is 11.6 Å². The third-order valence-corrected chi connectivity index (χ3v) is 4.12. The highest BCUT2D eigenvalue weighted by Gasteiger charge is 2.14. The van der Waals surface area contributed by atoms with E-state index in [1.807, 2.05) is 30.3 Å². The van der Waals surface area contributed by atoms with E-state index in [-0.39, 0.29) is 19.3 Å². The average molecular weight is 390 g/mol. The number of primary amides is 1. The Hall–Kier alpha value is -2.84. The molecule has 0 bridgehead atoms. The molecule has 0 aliphatic rings. The molecule has 1 aromatic carbocycles. The van der Waals surface area contributed by atoms with Crippen LogP contribution < -0.4 is 15.8 Å². The van der Waals surface area contributed by atoms with E-state index in [0.717, 1.165) is 16.5 Å². The molecule has 0 aliphatic carbocycles. The van der Waals surface area contributed by atoms with E-state index in [4.69, 9.17) is 26.8 Å². The van der Waals surface area contributed by atoms with Gasteiger partial charge in [-0.15, -0.1) is 0 Å². The number of aromatic nitrogens is 3. The smallest absolute Gasteiger partial charge is 0.312 e. The molecule has 3 rings (SSSR count). The van der Waals surface area contributed by atoms with E-state index in [0.29, 0.717) is 17.6 Å². The first-order valence-electron chi connectivity index (χ1n) is 8.34. The van der Waals surface area contributed by atoms with Gasteiger partial charge in [0.05, 0.1) is 25.5 Å². The molecular formula is C18H20ClN5O3. The average Bonchev–Trinajstić information content (AvgIpc) is 3.01. The standard InChI is InChI=1S/C18H20ClN5O3/c1-24-16-13(10-21-24)9-15(19)23-17(16)27-8-7-26-11-14(22-18(20)25)12-5-3-2-4-6-12/h2-6,9-10,14H,7-8,11H2,1H3,(H3,20,22,25). The first kappa shape index (κ1) is 18.9. The number of aryl methyl sites for hydroxylation is 1. The van der Waals surface area contributed by atoms with Crippen molar-refractivity contribution in [3.63, 3.8) is 0 Å². The van der Waals surface area contributed by atoms with Crippen LogP contribution in [0.2, 0.25) is 5.15 Å². The largest absolute Gasteiger partial charge is 0.474 e. The SMILES string of the molecule is Cn1ncc2cc(Cl)nc(OCCOCC(NC(N)=O)c3ccccc3)c21. The Kier molecular flexibility index (Phi) is 6.10. The molecule has 2 amide bonds. The number of halogens is 1. The number of rotatable bonds is 8.